The van der Waals surface area contributed by atoms with Crippen molar-refractivity contribution in [3.8, 4) is 5.75 Å². The third-order valence-corrected chi connectivity index (χ3v) is 7.20. The van der Waals surface area contributed by atoms with E-state index in [4.69, 9.17) is 25.8 Å². The summed E-state index contributed by atoms with van der Waals surface area (Å²) >= 11 is 6.28. The molecule has 0 N–H and O–H groups in total. The molecule has 1 saturated heterocycles. The highest BCUT2D eigenvalue weighted by atomic mass is 35.5. The second-order valence-electron chi connectivity index (χ2n) is 9.44. The van der Waals surface area contributed by atoms with Gasteiger partial charge in [0, 0.05) is 48.2 Å². The van der Waals surface area contributed by atoms with Crippen LogP contribution in [0.4, 0.5) is 11.4 Å². The van der Waals surface area contributed by atoms with E-state index in [2.05, 4.69) is 0 Å². The summed E-state index contributed by atoms with van der Waals surface area (Å²) in [5.41, 5.74) is 3.21. The first-order valence-electron chi connectivity index (χ1n) is 12.2. The van der Waals surface area contributed by atoms with E-state index in [1.54, 1.807) is 12.0 Å². The number of nitrogens with zero attached hydrogens (tertiary/aromatic N) is 2. The summed E-state index contributed by atoms with van der Waals surface area (Å²) in [5, 5.41) is 0.618. The maximum absolute atomic E-state index is 14.0. The average molecular weight is 507 g/mol. The monoisotopic (exact) mass is 506 g/mol. The zero-order chi connectivity index (χ0) is 25.3. The van der Waals surface area contributed by atoms with E-state index >= 15 is 0 Å². The molecule has 0 radical (unpaired) electrons. The third kappa shape index (κ3) is 4.45. The molecule has 36 heavy (non-hydrogen) atoms. The van der Waals surface area contributed by atoms with Crippen LogP contribution in [0.1, 0.15) is 29.5 Å². The van der Waals surface area contributed by atoms with E-state index in [1.165, 1.54) is 0 Å². The Hall–Kier alpha value is -3.06. The summed E-state index contributed by atoms with van der Waals surface area (Å²) < 4.78 is 18.3. The van der Waals surface area contributed by atoms with E-state index in [0.717, 1.165) is 47.5 Å². The molecular formula is C29H31ClN2O4. The Kier molecular flexibility index (Phi) is 6.93. The number of benzene rings is 3. The topological polar surface area (TPSA) is 51.2 Å². The molecule has 3 aromatic carbocycles. The Bertz CT molecular complexity index is 1220. The Morgan fingerprint density at radius 2 is 1.83 bits per heavy atom. The number of hydrogen-bond acceptors (Lipinski definition) is 5. The summed E-state index contributed by atoms with van der Waals surface area (Å²) in [6, 6.07) is 21.4. The van der Waals surface area contributed by atoms with Crippen LogP contribution < -0.4 is 14.5 Å². The van der Waals surface area contributed by atoms with Gasteiger partial charge in [0.25, 0.3) is 0 Å². The molecule has 1 fully saturated rings. The van der Waals surface area contributed by atoms with Crippen LogP contribution in [-0.2, 0) is 26.4 Å². The van der Waals surface area contributed by atoms with Gasteiger partial charge in [0.15, 0.2) is 0 Å². The average Bonchev–Trinajstić information content (AvgIpc) is 3.41. The van der Waals surface area contributed by atoms with E-state index in [0.29, 0.717) is 17.4 Å². The van der Waals surface area contributed by atoms with Crippen molar-refractivity contribution in [2.45, 2.75) is 31.1 Å². The molecule has 0 aliphatic carbocycles. The fourth-order valence-corrected chi connectivity index (χ4v) is 5.24. The lowest BCUT2D eigenvalue weighted by molar-refractivity contribution is -0.128. The molecule has 2 heterocycles. The zero-order valence-corrected chi connectivity index (χ0v) is 21.6. The number of ether oxygens (including phenoxy) is 3. The number of halogens is 1. The predicted molar refractivity (Wildman–Crippen MR) is 142 cm³/mol. The van der Waals surface area contributed by atoms with Gasteiger partial charge in [0.05, 0.1) is 26.2 Å². The standard InChI is InChI=1S/C29H31ClN2O4/c1-31(2)23-10-12-24(13-11-23)32-28(33)18-20-17-25(34-3)14-15-27(20)29(32,21-6-8-22(30)9-7-21)36-19-26-5-4-16-35-26/h6-15,17,26H,4-5,16,18-19H2,1-3H3/t26?,29-/m1/s1. The number of anilines is 2. The molecule has 1 unspecified atom stereocenters. The number of hydrogen-bond donors (Lipinski definition) is 0. The Morgan fingerprint density at radius 3 is 2.47 bits per heavy atom. The van der Waals surface area contributed by atoms with Gasteiger partial charge in [-0.3, -0.25) is 9.69 Å². The van der Waals surface area contributed by atoms with Crippen molar-refractivity contribution >= 4 is 28.9 Å². The van der Waals surface area contributed by atoms with Crippen molar-refractivity contribution in [2.24, 2.45) is 0 Å². The molecule has 5 rings (SSSR count). The summed E-state index contributed by atoms with van der Waals surface area (Å²) in [5.74, 6) is 0.644. The first-order valence-corrected chi connectivity index (χ1v) is 12.6. The second-order valence-corrected chi connectivity index (χ2v) is 9.87. The largest absolute Gasteiger partial charge is 0.497 e. The smallest absolute Gasteiger partial charge is 0.234 e. The van der Waals surface area contributed by atoms with E-state index in [1.807, 2.05) is 85.7 Å². The summed E-state index contributed by atoms with van der Waals surface area (Å²) in [6.07, 6.45) is 2.15. The van der Waals surface area contributed by atoms with Crippen molar-refractivity contribution in [3.63, 3.8) is 0 Å². The lowest BCUT2D eigenvalue weighted by atomic mass is 9.83. The quantitative estimate of drug-likeness (QED) is 0.429. The van der Waals surface area contributed by atoms with Crippen LogP contribution in [0.15, 0.2) is 66.7 Å². The molecule has 1 amide bonds. The van der Waals surface area contributed by atoms with Gasteiger partial charge >= 0.3 is 0 Å². The first kappa shape index (κ1) is 24.6. The summed E-state index contributed by atoms with van der Waals surface area (Å²) in [6.45, 7) is 1.08. The fraction of sp³-hybridized carbons (Fsp3) is 0.345. The van der Waals surface area contributed by atoms with Gasteiger partial charge in [0.1, 0.15) is 5.75 Å². The van der Waals surface area contributed by atoms with Crippen molar-refractivity contribution in [3.05, 3.63) is 88.4 Å². The van der Waals surface area contributed by atoms with Gasteiger partial charge in [-0.25, -0.2) is 0 Å². The van der Waals surface area contributed by atoms with E-state index in [9.17, 15) is 4.79 Å². The van der Waals surface area contributed by atoms with Crippen molar-refractivity contribution in [1.29, 1.82) is 0 Å². The van der Waals surface area contributed by atoms with Crippen LogP contribution >= 0.6 is 11.6 Å². The number of fused-ring (bicyclic) bond motifs is 1. The van der Waals surface area contributed by atoms with Gasteiger partial charge in [-0.1, -0.05) is 23.7 Å². The summed E-state index contributed by atoms with van der Waals surface area (Å²) in [4.78, 5) is 17.8. The normalized spacial score (nSPS) is 21.4. The molecule has 0 aromatic heterocycles. The predicted octanol–water partition coefficient (Wildman–Crippen LogP) is 5.40. The molecule has 188 valence electrons. The van der Waals surface area contributed by atoms with Crippen LogP contribution in [0.3, 0.4) is 0 Å². The Morgan fingerprint density at radius 1 is 1.08 bits per heavy atom. The van der Waals surface area contributed by atoms with Crippen molar-refractivity contribution in [1.82, 2.24) is 0 Å². The minimum Gasteiger partial charge on any atom is -0.497 e. The van der Waals surface area contributed by atoms with Crippen LogP contribution in [0, 0.1) is 0 Å². The lowest BCUT2D eigenvalue weighted by Gasteiger charge is -2.48. The molecule has 2 aliphatic rings. The first-order chi connectivity index (χ1) is 17.4. The molecule has 7 heteroatoms. The third-order valence-electron chi connectivity index (χ3n) is 6.95. The molecule has 0 saturated carbocycles. The molecule has 6 nitrogen and oxygen atoms in total. The molecule has 2 aliphatic heterocycles. The van der Waals surface area contributed by atoms with Crippen LogP contribution in [0.5, 0.6) is 5.75 Å². The molecule has 0 spiro atoms. The van der Waals surface area contributed by atoms with Gasteiger partial charge in [-0.05, 0) is 73.0 Å². The highest BCUT2D eigenvalue weighted by Crippen LogP contribution is 2.47. The minimum absolute atomic E-state index is 0.0223. The molecular weight excluding hydrogens is 476 g/mol. The number of carbonyl (C=O) groups excluding carboxylic acids is 1. The van der Waals surface area contributed by atoms with Crippen LogP contribution in [0.25, 0.3) is 0 Å². The van der Waals surface area contributed by atoms with Gasteiger partial charge < -0.3 is 19.1 Å². The number of rotatable bonds is 7. The van der Waals surface area contributed by atoms with Crippen molar-refractivity contribution < 1.29 is 19.0 Å². The van der Waals surface area contributed by atoms with Gasteiger partial charge in [0.2, 0.25) is 11.6 Å². The molecule has 3 aromatic rings. The number of carbonyl (C=O) groups is 1. The number of amides is 1. The van der Waals surface area contributed by atoms with Crippen LogP contribution in [-0.4, -0.2) is 46.4 Å². The highest BCUT2D eigenvalue weighted by Gasteiger charge is 2.50. The fourth-order valence-electron chi connectivity index (χ4n) is 5.11. The summed E-state index contributed by atoms with van der Waals surface area (Å²) in [7, 11) is 5.62. The number of methoxy groups -OCH3 is 1. The Balaban J connectivity index is 1.72. The van der Waals surface area contributed by atoms with E-state index in [-0.39, 0.29) is 18.4 Å². The van der Waals surface area contributed by atoms with Crippen LogP contribution in [0.2, 0.25) is 5.02 Å². The molecule has 0 bridgehead atoms. The Labute approximate surface area is 217 Å². The van der Waals surface area contributed by atoms with Gasteiger partial charge in [-0.2, -0.15) is 0 Å². The van der Waals surface area contributed by atoms with Crippen molar-refractivity contribution in [2.75, 3.05) is 44.2 Å². The maximum Gasteiger partial charge on any atom is 0.234 e. The lowest BCUT2D eigenvalue weighted by Crippen LogP contribution is -2.57. The maximum atomic E-state index is 14.0. The molecule has 2 atom stereocenters. The minimum atomic E-state index is -1.20. The zero-order valence-electron chi connectivity index (χ0n) is 20.9. The second kappa shape index (κ2) is 10.1. The highest BCUT2D eigenvalue weighted by molar-refractivity contribution is 6.30. The SMILES string of the molecule is COc1ccc2c(c1)CC(=O)N(c1ccc(N(C)C)cc1)[C@@]2(OCC1CCCO1)c1ccc(Cl)cc1. The van der Waals surface area contributed by atoms with Gasteiger partial charge in [-0.15, -0.1) is 0 Å². The van der Waals surface area contributed by atoms with E-state index < -0.39 is 5.72 Å².